The average molecular weight is 294 g/mol. The Bertz CT molecular complexity index is 530. The highest BCUT2D eigenvalue weighted by molar-refractivity contribution is 5.97. The number of amides is 2. The Morgan fingerprint density at radius 3 is 2.62 bits per heavy atom. The van der Waals surface area contributed by atoms with Gasteiger partial charge in [0.15, 0.2) is 6.10 Å². The van der Waals surface area contributed by atoms with Crippen LogP contribution in [-0.2, 0) is 14.3 Å². The fourth-order valence-electron chi connectivity index (χ4n) is 1.55. The lowest BCUT2D eigenvalue weighted by Gasteiger charge is -2.12. The summed E-state index contributed by atoms with van der Waals surface area (Å²) in [5, 5.41) is 13.9. The molecule has 0 aliphatic carbocycles. The van der Waals surface area contributed by atoms with Gasteiger partial charge in [0.25, 0.3) is 5.91 Å². The van der Waals surface area contributed by atoms with Crippen molar-refractivity contribution >= 4 is 23.5 Å². The number of carboxylic acid groups (broad SMARTS) is 1. The molecule has 0 fully saturated rings. The largest absolute Gasteiger partial charge is 0.479 e. The second-order valence-electron chi connectivity index (χ2n) is 4.26. The summed E-state index contributed by atoms with van der Waals surface area (Å²) >= 11 is 0. The highest BCUT2D eigenvalue weighted by atomic mass is 16.5. The fourth-order valence-corrected chi connectivity index (χ4v) is 1.55. The van der Waals surface area contributed by atoms with E-state index in [4.69, 9.17) is 9.84 Å². The molecule has 0 radical (unpaired) electrons. The molecular formula is C14H18N2O5. The lowest BCUT2D eigenvalue weighted by molar-refractivity contribution is -0.148. The van der Waals surface area contributed by atoms with Gasteiger partial charge in [0.1, 0.15) is 0 Å². The first-order valence-corrected chi connectivity index (χ1v) is 6.41. The summed E-state index contributed by atoms with van der Waals surface area (Å²) in [6.45, 7) is 1.58. The van der Waals surface area contributed by atoms with Crippen LogP contribution in [0.15, 0.2) is 24.3 Å². The first-order valence-electron chi connectivity index (χ1n) is 6.41. The molecule has 0 heterocycles. The molecule has 0 aromatic heterocycles. The summed E-state index contributed by atoms with van der Waals surface area (Å²) in [5.74, 6) is -1.74. The van der Waals surface area contributed by atoms with E-state index in [-0.39, 0.29) is 12.5 Å². The SMILES string of the molecule is CCC(=O)Nc1cccc(C(=O)NCC(OC)C(=O)O)c1. The van der Waals surface area contributed by atoms with Crippen LogP contribution in [-0.4, -0.2) is 42.6 Å². The smallest absolute Gasteiger partial charge is 0.334 e. The normalized spacial score (nSPS) is 11.5. The predicted octanol–water partition coefficient (Wildman–Crippen LogP) is 0.864. The molecule has 2 amide bonds. The van der Waals surface area contributed by atoms with Crippen LogP contribution >= 0.6 is 0 Å². The van der Waals surface area contributed by atoms with Gasteiger partial charge in [0.05, 0.1) is 6.54 Å². The van der Waals surface area contributed by atoms with Crippen LogP contribution in [0.2, 0.25) is 0 Å². The molecule has 114 valence electrons. The summed E-state index contributed by atoms with van der Waals surface area (Å²) < 4.78 is 4.72. The van der Waals surface area contributed by atoms with Gasteiger partial charge in [-0.15, -0.1) is 0 Å². The molecule has 0 spiro atoms. The van der Waals surface area contributed by atoms with Crippen molar-refractivity contribution in [2.45, 2.75) is 19.4 Å². The predicted molar refractivity (Wildman–Crippen MR) is 76.1 cm³/mol. The molecule has 0 bridgehead atoms. The third kappa shape index (κ3) is 5.23. The maximum Gasteiger partial charge on any atom is 0.334 e. The van der Waals surface area contributed by atoms with E-state index >= 15 is 0 Å². The van der Waals surface area contributed by atoms with Gasteiger partial charge in [-0.2, -0.15) is 0 Å². The Kier molecular flexibility index (Phi) is 6.35. The van der Waals surface area contributed by atoms with Crippen LogP contribution in [0.1, 0.15) is 23.7 Å². The first kappa shape index (κ1) is 16.6. The van der Waals surface area contributed by atoms with E-state index in [1.54, 1.807) is 25.1 Å². The standard InChI is InChI=1S/C14H18N2O5/c1-3-12(17)16-10-6-4-5-9(7-10)13(18)15-8-11(21-2)14(19)20/h4-7,11H,3,8H2,1-2H3,(H,15,18)(H,16,17)(H,19,20). The molecule has 0 saturated carbocycles. The maximum absolute atomic E-state index is 11.9. The minimum absolute atomic E-state index is 0.143. The zero-order valence-corrected chi connectivity index (χ0v) is 11.9. The number of methoxy groups -OCH3 is 1. The highest BCUT2D eigenvalue weighted by Gasteiger charge is 2.17. The van der Waals surface area contributed by atoms with Crippen LogP contribution in [0.5, 0.6) is 0 Å². The Labute approximate surface area is 122 Å². The number of carbonyl (C=O) groups excluding carboxylic acids is 2. The molecule has 0 saturated heterocycles. The van der Waals surface area contributed by atoms with E-state index in [1.807, 2.05) is 0 Å². The van der Waals surface area contributed by atoms with Gasteiger partial charge in [-0.25, -0.2) is 4.79 Å². The second-order valence-corrected chi connectivity index (χ2v) is 4.26. The summed E-state index contributed by atoms with van der Waals surface area (Å²) in [6.07, 6.45) is -0.762. The van der Waals surface area contributed by atoms with Crippen LogP contribution in [0.3, 0.4) is 0 Å². The maximum atomic E-state index is 11.9. The number of benzene rings is 1. The fraction of sp³-hybridized carbons (Fsp3) is 0.357. The van der Waals surface area contributed by atoms with E-state index in [9.17, 15) is 14.4 Å². The van der Waals surface area contributed by atoms with Gasteiger partial charge in [0.2, 0.25) is 5.91 Å². The first-order chi connectivity index (χ1) is 9.97. The zero-order valence-electron chi connectivity index (χ0n) is 11.9. The molecule has 1 aromatic carbocycles. The van der Waals surface area contributed by atoms with Crippen LogP contribution in [0, 0.1) is 0 Å². The number of carboxylic acids is 1. The van der Waals surface area contributed by atoms with Crippen molar-refractivity contribution in [1.29, 1.82) is 0 Å². The number of ether oxygens (including phenoxy) is 1. The molecule has 3 N–H and O–H groups in total. The summed E-state index contributed by atoms with van der Waals surface area (Å²) in [6, 6.07) is 6.38. The van der Waals surface area contributed by atoms with Crippen molar-refractivity contribution in [3.05, 3.63) is 29.8 Å². The molecule has 0 aliphatic heterocycles. The van der Waals surface area contributed by atoms with E-state index in [0.717, 1.165) is 0 Å². The molecule has 7 heteroatoms. The zero-order chi connectivity index (χ0) is 15.8. The van der Waals surface area contributed by atoms with Crippen molar-refractivity contribution in [2.75, 3.05) is 19.0 Å². The van der Waals surface area contributed by atoms with Gasteiger partial charge in [0, 0.05) is 24.8 Å². The number of nitrogens with one attached hydrogen (secondary N) is 2. The van der Waals surface area contributed by atoms with Gasteiger partial charge in [-0.05, 0) is 18.2 Å². The van der Waals surface area contributed by atoms with Crippen molar-refractivity contribution in [2.24, 2.45) is 0 Å². The van der Waals surface area contributed by atoms with E-state index in [1.165, 1.54) is 13.2 Å². The number of rotatable bonds is 7. The number of anilines is 1. The van der Waals surface area contributed by atoms with Gasteiger partial charge in [-0.3, -0.25) is 9.59 Å². The molecule has 0 aliphatic rings. The van der Waals surface area contributed by atoms with Crippen molar-refractivity contribution < 1.29 is 24.2 Å². The van der Waals surface area contributed by atoms with Gasteiger partial charge in [-0.1, -0.05) is 13.0 Å². The summed E-state index contributed by atoms with van der Waals surface area (Å²) in [4.78, 5) is 34.0. The van der Waals surface area contributed by atoms with Gasteiger partial charge < -0.3 is 20.5 Å². The Balaban J connectivity index is 2.68. The highest BCUT2D eigenvalue weighted by Crippen LogP contribution is 2.11. The Morgan fingerprint density at radius 1 is 1.33 bits per heavy atom. The Hall–Kier alpha value is -2.41. The van der Waals surface area contributed by atoms with Crippen molar-refractivity contribution in [3.63, 3.8) is 0 Å². The van der Waals surface area contributed by atoms with Gasteiger partial charge >= 0.3 is 5.97 Å². The van der Waals surface area contributed by atoms with Crippen LogP contribution in [0.4, 0.5) is 5.69 Å². The monoisotopic (exact) mass is 294 g/mol. The minimum atomic E-state index is -1.15. The molecule has 1 aromatic rings. The molecule has 1 rings (SSSR count). The molecular weight excluding hydrogens is 276 g/mol. The second kappa shape index (κ2) is 8.01. The lowest BCUT2D eigenvalue weighted by Crippen LogP contribution is -2.37. The number of carbonyl (C=O) groups is 3. The van der Waals surface area contributed by atoms with Crippen molar-refractivity contribution in [3.8, 4) is 0 Å². The third-order valence-electron chi connectivity index (χ3n) is 2.74. The van der Waals surface area contributed by atoms with E-state index in [2.05, 4.69) is 10.6 Å². The third-order valence-corrected chi connectivity index (χ3v) is 2.74. The topological polar surface area (TPSA) is 105 Å². The number of aliphatic carboxylic acids is 1. The number of hydrogen-bond acceptors (Lipinski definition) is 4. The Morgan fingerprint density at radius 2 is 2.05 bits per heavy atom. The minimum Gasteiger partial charge on any atom is -0.479 e. The van der Waals surface area contributed by atoms with Crippen LogP contribution in [0.25, 0.3) is 0 Å². The molecule has 1 atom stereocenters. The quantitative estimate of drug-likeness (QED) is 0.692. The summed E-state index contributed by atoms with van der Waals surface area (Å²) in [5.41, 5.74) is 0.833. The molecule has 1 unspecified atom stereocenters. The van der Waals surface area contributed by atoms with Crippen LogP contribution < -0.4 is 10.6 Å². The molecule has 21 heavy (non-hydrogen) atoms. The number of hydrogen-bond donors (Lipinski definition) is 3. The lowest BCUT2D eigenvalue weighted by atomic mass is 10.2. The van der Waals surface area contributed by atoms with E-state index in [0.29, 0.717) is 17.7 Å². The molecule has 7 nitrogen and oxygen atoms in total. The van der Waals surface area contributed by atoms with Crippen molar-refractivity contribution in [1.82, 2.24) is 5.32 Å². The van der Waals surface area contributed by atoms with E-state index < -0.39 is 18.0 Å². The average Bonchev–Trinajstić information content (AvgIpc) is 2.47. The summed E-state index contributed by atoms with van der Waals surface area (Å²) in [7, 11) is 1.26.